The van der Waals surface area contributed by atoms with Crippen LogP contribution in [0.4, 0.5) is 5.69 Å². The van der Waals surface area contributed by atoms with E-state index >= 15 is 0 Å². The van der Waals surface area contributed by atoms with E-state index in [9.17, 15) is 0 Å². The van der Waals surface area contributed by atoms with Crippen LogP contribution in [0.25, 0.3) is 0 Å². The Morgan fingerprint density at radius 2 is 1.92 bits per heavy atom. The molecule has 0 aliphatic rings. The first-order valence-electron chi connectivity index (χ1n) is 4.69. The molecule has 13 heavy (non-hydrogen) atoms. The van der Waals surface area contributed by atoms with Crippen LogP contribution in [-0.2, 0) is 4.84 Å². The summed E-state index contributed by atoms with van der Waals surface area (Å²) >= 11 is 0. The Kier molecular flexibility index (Phi) is 3.77. The van der Waals surface area contributed by atoms with Gasteiger partial charge in [-0.1, -0.05) is 25.1 Å². The largest absolute Gasteiger partial charge is 0.271 e. The summed E-state index contributed by atoms with van der Waals surface area (Å²) in [6.07, 6.45) is 1.29. The van der Waals surface area contributed by atoms with Crippen LogP contribution >= 0.6 is 0 Å². The zero-order valence-corrected chi connectivity index (χ0v) is 8.53. The van der Waals surface area contributed by atoms with Crippen molar-refractivity contribution in [3.63, 3.8) is 0 Å². The van der Waals surface area contributed by atoms with Crippen molar-refractivity contribution in [3.8, 4) is 0 Å². The molecule has 1 aromatic rings. The molecular weight excluding hydrogens is 162 g/mol. The lowest BCUT2D eigenvalue weighted by Crippen LogP contribution is -2.23. The number of para-hydroxylation sites is 1. The third-order valence-electron chi connectivity index (χ3n) is 2.03. The van der Waals surface area contributed by atoms with Crippen molar-refractivity contribution >= 4 is 5.69 Å². The van der Waals surface area contributed by atoms with Gasteiger partial charge in [0, 0.05) is 7.05 Å². The fraction of sp³-hybridized carbons (Fsp3) is 0.455. The molecule has 0 aliphatic heterocycles. The van der Waals surface area contributed by atoms with E-state index in [1.807, 2.05) is 42.4 Å². The zero-order valence-electron chi connectivity index (χ0n) is 8.53. The fourth-order valence-electron chi connectivity index (χ4n) is 1.04. The van der Waals surface area contributed by atoms with E-state index in [-0.39, 0.29) is 6.10 Å². The highest BCUT2D eigenvalue weighted by Crippen LogP contribution is 2.13. The van der Waals surface area contributed by atoms with Crippen LogP contribution in [0.15, 0.2) is 30.3 Å². The topological polar surface area (TPSA) is 12.5 Å². The highest BCUT2D eigenvalue weighted by Gasteiger charge is 2.04. The number of nitrogens with zero attached hydrogens (tertiary/aromatic N) is 1. The summed E-state index contributed by atoms with van der Waals surface area (Å²) in [5.41, 5.74) is 1.09. The lowest BCUT2D eigenvalue weighted by Gasteiger charge is -2.22. The highest BCUT2D eigenvalue weighted by atomic mass is 16.7. The second-order valence-corrected chi connectivity index (χ2v) is 3.16. The molecule has 0 bridgehead atoms. The predicted molar refractivity (Wildman–Crippen MR) is 55.7 cm³/mol. The third kappa shape index (κ3) is 3.07. The zero-order chi connectivity index (χ0) is 9.68. The Morgan fingerprint density at radius 1 is 1.31 bits per heavy atom. The number of hydrogen-bond donors (Lipinski definition) is 0. The maximum Gasteiger partial charge on any atom is 0.0825 e. The molecule has 1 atom stereocenters. The molecule has 0 radical (unpaired) electrons. The molecule has 0 saturated carbocycles. The van der Waals surface area contributed by atoms with E-state index in [0.717, 1.165) is 12.1 Å². The van der Waals surface area contributed by atoms with Gasteiger partial charge < -0.3 is 0 Å². The monoisotopic (exact) mass is 179 g/mol. The molecule has 2 nitrogen and oxygen atoms in total. The summed E-state index contributed by atoms with van der Waals surface area (Å²) in [6, 6.07) is 10.1. The second kappa shape index (κ2) is 4.87. The minimum atomic E-state index is 0.269. The highest BCUT2D eigenvalue weighted by molar-refractivity contribution is 5.42. The third-order valence-corrected chi connectivity index (χ3v) is 2.03. The first kappa shape index (κ1) is 10.1. The van der Waals surface area contributed by atoms with Gasteiger partial charge in [0.2, 0.25) is 0 Å². The summed E-state index contributed by atoms with van der Waals surface area (Å²) in [5, 5.41) is 1.81. The van der Waals surface area contributed by atoms with Gasteiger partial charge in [-0.3, -0.25) is 9.90 Å². The van der Waals surface area contributed by atoms with Gasteiger partial charge in [-0.25, -0.2) is 0 Å². The van der Waals surface area contributed by atoms with Crippen LogP contribution < -0.4 is 5.06 Å². The van der Waals surface area contributed by atoms with Crippen LogP contribution in [0.3, 0.4) is 0 Å². The Balaban J connectivity index is 2.53. The van der Waals surface area contributed by atoms with E-state index in [1.54, 1.807) is 0 Å². The van der Waals surface area contributed by atoms with E-state index < -0.39 is 0 Å². The number of benzene rings is 1. The second-order valence-electron chi connectivity index (χ2n) is 3.16. The molecular formula is C11H17NO. The average Bonchev–Trinajstić information content (AvgIpc) is 2.19. The number of hydroxylamine groups is 1. The van der Waals surface area contributed by atoms with Gasteiger partial charge >= 0.3 is 0 Å². The van der Waals surface area contributed by atoms with Crippen LogP contribution in [0.1, 0.15) is 20.3 Å². The molecule has 0 N–H and O–H groups in total. The van der Waals surface area contributed by atoms with Crippen molar-refractivity contribution in [2.45, 2.75) is 26.4 Å². The minimum absolute atomic E-state index is 0.269. The van der Waals surface area contributed by atoms with E-state index in [0.29, 0.717) is 0 Å². The molecule has 1 aromatic carbocycles. The average molecular weight is 179 g/mol. The molecule has 0 aromatic heterocycles. The normalized spacial score (nSPS) is 12.5. The van der Waals surface area contributed by atoms with Gasteiger partial charge in [0.15, 0.2) is 0 Å². The molecule has 1 unspecified atom stereocenters. The number of hydrogen-bond acceptors (Lipinski definition) is 2. The molecule has 1 rings (SSSR count). The van der Waals surface area contributed by atoms with E-state index in [2.05, 4.69) is 13.8 Å². The molecule has 0 fully saturated rings. The van der Waals surface area contributed by atoms with Gasteiger partial charge in [-0.15, -0.1) is 0 Å². The first-order chi connectivity index (χ1) is 6.24. The molecule has 0 spiro atoms. The number of rotatable bonds is 4. The van der Waals surface area contributed by atoms with Gasteiger partial charge in [-0.2, -0.15) is 0 Å². The summed E-state index contributed by atoms with van der Waals surface area (Å²) in [4.78, 5) is 5.62. The van der Waals surface area contributed by atoms with Gasteiger partial charge in [-0.05, 0) is 25.5 Å². The lowest BCUT2D eigenvalue weighted by molar-refractivity contribution is 0.0526. The Labute approximate surface area is 80.1 Å². The van der Waals surface area contributed by atoms with E-state index in [1.165, 1.54) is 0 Å². The van der Waals surface area contributed by atoms with Crippen LogP contribution in [-0.4, -0.2) is 13.2 Å². The minimum Gasteiger partial charge on any atom is -0.271 e. The summed E-state index contributed by atoms with van der Waals surface area (Å²) in [5.74, 6) is 0. The molecule has 72 valence electrons. The van der Waals surface area contributed by atoms with Crippen molar-refractivity contribution in [1.29, 1.82) is 0 Å². The van der Waals surface area contributed by atoms with Gasteiger partial charge in [0.05, 0.1) is 11.8 Å². The van der Waals surface area contributed by atoms with Crippen LogP contribution in [0.2, 0.25) is 0 Å². The van der Waals surface area contributed by atoms with Gasteiger partial charge in [0.1, 0.15) is 0 Å². The molecule has 2 heteroatoms. The van der Waals surface area contributed by atoms with Crippen molar-refractivity contribution < 1.29 is 4.84 Å². The van der Waals surface area contributed by atoms with Crippen LogP contribution in [0, 0.1) is 0 Å². The van der Waals surface area contributed by atoms with Crippen molar-refractivity contribution in [3.05, 3.63) is 30.3 Å². The maximum absolute atomic E-state index is 5.62. The quantitative estimate of drug-likeness (QED) is 0.659. The molecule has 0 heterocycles. The summed E-state index contributed by atoms with van der Waals surface area (Å²) < 4.78 is 0. The standard InChI is InChI=1S/C11H17NO/c1-4-10(2)13-12(3)11-8-6-5-7-9-11/h5-10H,4H2,1-3H3. The van der Waals surface area contributed by atoms with Gasteiger partial charge in [0.25, 0.3) is 0 Å². The first-order valence-corrected chi connectivity index (χ1v) is 4.69. The Hall–Kier alpha value is -1.02. The molecule has 0 amide bonds. The van der Waals surface area contributed by atoms with Crippen molar-refractivity contribution in [1.82, 2.24) is 0 Å². The summed E-state index contributed by atoms with van der Waals surface area (Å²) in [6.45, 7) is 4.18. The predicted octanol–water partition coefficient (Wildman–Crippen LogP) is 2.85. The SMILES string of the molecule is CCC(C)ON(C)c1ccccc1. The Bertz CT molecular complexity index is 235. The van der Waals surface area contributed by atoms with Crippen LogP contribution in [0.5, 0.6) is 0 Å². The molecule has 0 aliphatic carbocycles. The number of anilines is 1. The van der Waals surface area contributed by atoms with Crippen molar-refractivity contribution in [2.75, 3.05) is 12.1 Å². The van der Waals surface area contributed by atoms with Crippen molar-refractivity contribution in [2.24, 2.45) is 0 Å². The Morgan fingerprint density at radius 3 is 2.46 bits per heavy atom. The summed E-state index contributed by atoms with van der Waals surface area (Å²) in [7, 11) is 1.93. The fourth-order valence-corrected chi connectivity index (χ4v) is 1.04. The molecule has 0 saturated heterocycles. The smallest absolute Gasteiger partial charge is 0.0825 e. The van der Waals surface area contributed by atoms with E-state index in [4.69, 9.17) is 4.84 Å². The maximum atomic E-state index is 5.62. The lowest BCUT2D eigenvalue weighted by atomic mass is 10.3.